The van der Waals surface area contributed by atoms with Gasteiger partial charge in [-0.2, -0.15) is 0 Å². The number of methoxy groups -OCH3 is 2. The molecular weight excluding hydrogens is 405 g/mol. The van der Waals surface area contributed by atoms with E-state index in [2.05, 4.69) is 21.8 Å². The summed E-state index contributed by atoms with van der Waals surface area (Å²) in [4.78, 5) is 6.42. The number of rotatable bonds is 8. The van der Waals surface area contributed by atoms with Crippen molar-refractivity contribution in [2.75, 3.05) is 34.9 Å². The fourth-order valence-corrected chi connectivity index (χ4v) is 2.14. The first kappa shape index (κ1) is 21.6. The Morgan fingerprint density at radius 2 is 2.00 bits per heavy atom. The number of guanidine groups is 1. The monoisotopic (exact) mass is 433 g/mol. The molecule has 0 heterocycles. The molecule has 6 heteroatoms. The number of unbranched alkanes of at least 4 members (excludes halogenated alkanes) is 1. The summed E-state index contributed by atoms with van der Waals surface area (Å²) in [6.07, 6.45) is 4.02. The molecule has 130 valence electrons. The van der Waals surface area contributed by atoms with E-state index in [-0.39, 0.29) is 24.0 Å². The molecule has 5 nitrogen and oxygen atoms in total. The molecule has 1 N–H and O–H groups in total. The molecule has 0 saturated heterocycles. The van der Waals surface area contributed by atoms with Gasteiger partial charge in [-0.05, 0) is 30.5 Å². The normalized spacial score (nSPS) is 10.5. The highest BCUT2D eigenvalue weighted by atomic mass is 127. The van der Waals surface area contributed by atoms with Crippen LogP contribution in [0.3, 0.4) is 0 Å². The van der Waals surface area contributed by atoms with Gasteiger partial charge in [-0.15, -0.1) is 30.6 Å². The average Bonchev–Trinajstić information content (AvgIpc) is 2.55. The number of aliphatic imine (C=N–C) groups is 1. The molecule has 23 heavy (non-hydrogen) atoms. The fraction of sp³-hybridized carbons (Fsp3) is 0.471. The predicted octanol–water partition coefficient (Wildman–Crippen LogP) is 3.30. The van der Waals surface area contributed by atoms with E-state index in [4.69, 9.17) is 9.47 Å². The Hall–Kier alpha value is -1.44. The molecule has 1 aromatic carbocycles. The average molecular weight is 433 g/mol. The second-order valence-corrected chi connectivity index (χ2v) is 4.94. The summed E-state index contributed by atoms with van der Waals surface area (Å²) >= 11 is 0. The Morgan fingerprint density at radius 3 is 2.57 bits per heavy atom. The van der Waals surface area contributed by atoms with Crippen molar-refractivity contribution in [3.63, 3.8) is 0 Å². The first-order valence-electron chi connectivity index (χ1n) is 7.39. The molecule has 0 aliphatic carbocycles. The van der Waals surface area contributed by atoms with Gasteiger partial charge in [-0.1, -0.05) is 12.1 Å². The highest BCUT2D eigenvalue weighted by Crippen LogP contribution is 2.27. The molecule has 0 atom stereocenters. The topological polar surface area (TPSA) is 46.1 Å². The molecule has 0 aliphatic rings. The summed E-state index contributed by atoms with van der Waals surface area (Å²) in [5, 5.41) is 3.35. The van der Waals surface area contributed by atoms with E-state index in [1.54, 1.807) is 21.3 Å². The lowest BCUT2D eigenvalue weighted by molar-refractivity contribution is 0.354. The molecule has 0 aliphatic heterocycles. The number of ether oxygens (including phenoxy) is 2. The van der Waals surface area contributed by atoms with Crippen LogP contribution in [0.5, 0.6) is 11.5 Å². The quantitative estimate of drug-likeness (QED) is 0.225. The summed E-state index contributed by atoms with van der Waals surface area (Å²) in [5.74, 6) is 2.34. The number of halogens is 1. The molecule has 0 spiro atoms. The standard InChI is InChI=1S/C17H27N3O2.HI/c1-6-7-8-11-20(3)17(18-2)19-13-14-9-10-15(21-4)16(12-14)22-5;/h6,9-10,12H,1,7-8,11,13H2,2-5H3,(H,18,19);1H. The van der Waals surface area contributed by atoms with Crippen LogP contribution in [0.25, 0.3) is 0 Å². The molecule has 0 unspecified atom stereocenters. The van der Waals surface area contributed by atoms with Crippen molar-refractivity contribution >= 4 is 29.9 Å². The van der Waals surface area contributed by atoms with Crippen molar-refractivity contribution in [1.82, 2.24) is 10.2 Å². The van der Waals surface area contributed by atoms with Crippen LogP contribution in [0.1, 0.15) is 18.4 Å². The van der Waals surface area contributed by atoms with E-state index in [1.807, 2.05) is 31.3 Å². The van der Waals surface area contributed by atoms with Crippen molar-refractivity contribution in [3.05, 3.63) is 36.4 Å². The van der Waals surface area contributed by atoms with Crippen LogP contribution in [0.15, 0.2) is 35.8 Å². The molecule has 0 bridgehead atoms. The van der Waals surface area contributed by atoms with Crippen molar-refractivity contribution in [3.8, 4) is 11.5 Å². The number of hydrogen-bond acceptors (Lipinski definition) is 3. The zero-order chi connectivity index (χ0) is 16.4. The minimum Gasteiger partial charge on any atom is -0.493 e. The van der Waals surface area contributed by atoms with Gasteiger partial charge in [0.15, 0.2) is 17.5 Å². The Morgan fingerprint density at radius 1 is 1.30 bits per heavy atom. The van der Waals surface area contributed by atoms with Gasteiger partial charge in [0, 0.05) is 27.2 Å². The summed E-state index contributed by atoms with van der Waals surface area (Å²) in [6.45, 7) is 5.36. The molecule has 0 radical (unpaired) electrons. The molecular formula is C17H28IN3O2. The number of benzene rings is 1. The largest absolute Gasteiger partial charge is 0.493 e. The lowest BCUT2D eigenvalue weighted by atomic mass is 10.2. The van der Waals surface area contributed by atoms with Crippen LogP contribution in [0.4, 0.5) is 0 Å². The van der Waals surface area contributed by atoms with Crippen LogP contribution in [-0.4, -0.2) is 45.7 Å². The van der Waals surface area contributed by atoms with Crippen LogP contribution in [0, 0.1) is 0 Å². The zero-order valence-electron chi connectivity index (χ0n) is 14.5. The smallest absolute Gasteiger partial charge is 0.193 e. The second-order valence-electron chi connectivity index (χ2n) is 4.94. The lowest BCUT2D eigenvalue weighted by Gasteiger charge is -2.22. The second kappa shape index (κ2) is 12.0. The fourth-order valence-electron chi connectivity index (χ4n) is 2.14. The third-order valence-electron chi connectivity index (χ3n) is 3.37. The van der Waals surface area contributed by atoms with Crippen LogP contribution >= 0.6 is 24.0 Å². The van der Waals surface area contributed by atoms with Gasteiger partial charge in [-0.3, -0.25) is 4.99 Å². The summed E-state index contributed by atoms with van der Waals surface area (Å²) in [7, 11) is 7.10. The number of nitrogens with zero attached hydrogens (tertiary/aromatic N) is 2. The maximum Gasteiger partial charge on any atom is 0.193 e. The van der Waals surface area contributed by atoms with Crippen LogP contribution < -0.4 is 14.8 Å². The molecule has 1 aromatic rings. The van der Waals surface area contributed by atoms with Gasteiger partial charge in [0.2, 0.25) is 0 Å². The van der Waals surface area contributed by atoms with Crippen molar-refractivity contribution < 1.29 is 9.47 Å². The summed E-state index contributed by atoms with van der Waals surface area (Å²) in [5.41, 5.74) is 1.11. The third-order valence-corrected chi connectivity index (χ3v) is 3.37. The van der Waals surface area contributed by atoms with Gasteiger partial charge in [0.1, 0.15) is 0 Å². The number of nitrogens with one attached hydrogen (secondary N) is 1. The summed E-state index contributed by atoms with van der Waals surface area (Å²) in [6, 6.07) is 5.89. The van der Waals surface area contributed by atoms with E-state index in [9.17, 15) is 0 Å². The highest BCUT2D eigenvalue weighted by molar-refractivity contribution is 14.0. The van der Waals surface area contributed by atoms with Gasteiger partial charge in [0.05, 0.1) is 14.2 Å². The Kier molecular flexibility index (Phi) is 11.3. The molecule has 0 saturated carbocycles. The van der Waals surface area contributed by atoms with E-state index >= 15 is 0 Å². The maximum absolute atomic E-state index is 5.32. The Bertz CT molecular complexity index is 507. The van der Waals surface area contributed by atoms with Crippen LogP contribution in [-0.2, 0) is 6.54 Å². The lowest BCUT2D eigenvalue weighted by Crippen LogP contribution is -2.38. The number of allylic oxidation sites excluding steroid dienone is 1. The maximum atomic E-state index is 5.32. The van der Waals surface area contributed by atoms with Gasteiger partial charge < -0.3 is 19.7 Å². The Balaban J connectivity index is 0.00000484. The van der Waals surface area contributed by atoms with Crippen molar-refractivity contribution in [2.45, 2.75) is 19.4 Å². The van der Waals surface area contributed by atoms with Crippen molar-refractivity contribution in [2.24, 2.45) is 4.99 Å². The molecule has 1 rings (SSSR count). The van der Waals surface area contributed by atoms with Gasteiger partial charge in [-0.25, -0.2) is 0 Å². The SMILES string of the molecule is C=CCCCN(C)C(=NC)NCc1ccc(OC)c(OC)c1.I. The van der Waals surface area contributed by atoms with Crippen LogP contribution in [0.2, 0.25) is 0 Å². The first-order valence-corrected chi connectivity index (χ1v) is 7.39. The molecule has 0 fully saturated rings. The highest BCUT2D eigenvalue weighted by Gasteiger charge is 2.07. The first-order chi connectivity index (χ1) is 10.7. The minimum atomic E-state index is 0. The van der Waals surface area contributed by atoms with E-state index in [0.717, 1.165) is 42.4 Å². The van der Waals surface area contributed by atoms with Gasteiger partial charge in [0.25, 0.3) is 0 Å². The van der Waals surface area contributed by atoms with E-state index < -0.39 is 0 Å². The predicted molar refractivity (Wildman–Crippen MR) is 107 cm³/mol. The molecule has 0 amide bonds. The van der Waals surface area contributed by atoms with Crippen molar-refractivity contribution in [1.29, 1.82) is 0 Å². The van der Waals surface area contributed by atoms with Gasteiger partial charge >= 0.3 is 0 Å². The minimum absolute atomic E-state index is 0. The zero-order valence-corrected chi connectivity index (χ0v) is 16.8. The van der Waals surface area contributed by atoms with E-state index in [0.29, 0.717) is 6.54 Å². The third kappa shape index (κ3) is 7.11. The number of hydrogen-bond donors (Lipinski definition) is 1. The van der Waals surface area contributed by atoms with E-state index in [1.165, 1.54) is 0 Å². The summed E-state index contributed by atoms with van der Waals surface area (Å²) < 4.78 is 10.6. The molecule has 0 aromatic heterocycles. The Labute approximate surface area is 156 Å².